The fourth-order valence-corrected chi connectivity index (χ4v) is 5.67. The maximum atomic E-state index is 13.6. The summed E-state index contributed by atoms with van der Waals surface area (Å²) in [5.41, 5.74) is 4.49. The normalized spacial score (nSPS) is 17.1. The van der Waals surface area contributed by atoms with E-state index in [1.165, 1.54) is 18.4 Å². The zero-order valence-electron chi connectivity index (χ0n) is 25.0. The van der Waals surface area contributed by atoms with Gasteiger partial charge in [0.1, 0.15) is 11.4 Å². The van der Waals surface area contributed by atoms with E-state index in [9.17, 15) is 14.4 Å². The van der Waals surface area contributed by atoms with Gasteiger partial charge in [-0.3, -0.25) is 9.59 Å². The molecule has 1 aliphatic heterocycles. The van der Waals surface area contributed by atoms with Crippen LogP contribution < -0.4 is 16.0 Å². The van der Waals surface area contributed by atoms with Crippen molar-refractivity contribution in [2.45, 2.75) is 67.7 Å². The number of rotatable bonds is 12. The summed E-state index contributed by atoms with van der Waals surface area (Å²) in [6, 6.07) is 0. The third kappa shape index (κ3) is 8.80. The number of methoxy groups -OCH3 is 1. The van der Waals surface area contributed by atoms with Crippen LogP contribution >= 0.6 is 11.3 Å². The minimum atomic E-state index is -0.386. The van der Waals surface area contributed by atoms with Gasteiger partial charge in [0.2, 0.25) is 5.91 Å². The maximum Gasteiger partial charge on any atom is 0.350 e. The molecular weight excluding hydrogens is 512 g/mol. The van der Waals surface area contributed by atoms with Crippen molar-refractivity contribution in [1.29, 1.82) is 0 Å². The number of ether oxygens (including phenoxy) is 1. The number of nitrogens with zero attached hydrogens (tertiary/aromatic N) is 1. The quantitative estimate of drug-likeness (QED) is 0.140. The second kappa shape index (κ2) is 13.9. The molecule has 0 radical (unpaired) electrons. The van der Waals surface area contributed by atoms with Crippen LogP contribution in [-0.2, 0) is 14.3 Å². The lowest BCUT2D eigenvalue weighted by Gasteiger charge is -2.46. The summed E-state index contributed by atoms with van der Waals surface area (Å²) >= 11 is 1.34. The van der Waals surface area contributed by atoms with Gasteiger partial charge < -0.3 is 25.2 Å². The van der Waals surface area contributed by atoms with E-state index in [0.717, 1.165) is 49.2 Å². The number of piperidine rings is 1. The number of hydrogen-bond donors (Lipinski definition) is 3. The summed E-state index contributed by atoms with van der Waals surface area (Å²) in [5, 5.41) is 11.2. The van der Waals surface area contributed by atoms with E-state index in [-0.39, 0.29) is 29.7 Å². The Labute approximate surface area is 238 Å². The minimum Gasteiger partial charge on any atom is -0.465 e. The predicted octanol–water partition coefficient (Wildman–Crippen LogP) is 5.29. The van der Waals surface area contributed by atoms with Crippen molar-refractivity contribution in [2.75, 3.05) is 45.2 Å². The first-order valence-electron chi connectivity index (χ1n) is 13.7. The number of esters is 1. The van der Waals surface area contributed by atoms with Crippen molar-refractivity contribution in [3.8, 4) is 0 Å². The van der Waals surface area contributed by atoms with Crippen LogP contribution in [0, 0.1) is 12.3 Å². The summed E-state index contributed by atoms with van der Waals surface area (Å²) in [6.07, 6.45) is 4.69. The second-order valence-corrected chi connectivity index (χ2v) is 12.3. The third-order valence-corrected chi connectivity index (χ3v) is 8.60. The van der Waals surface area contributed by atoms with Crippen molar-refractivity contribution in [1.82, 2.24) is 10.6 Å². The molecule has 9 heteroatoms. The fourth-order valence-electron chi connectivity index (χ4n) is 4.75. The molecule has 216 valence electrons. The molecule has 2 heterocycles. The van der Waals surface area contributed by atoms with Crippen molar-refractivity contribution in [3.05, 3.63) is 51.0 Å². The Bertz CT molecular complexity index is 1140. The summed E-state index contributed by atoms with van der Waals surface area (Å²) < 4.78 is 5.49. The van der Waals surface area contributed by atoms with Crippen molar-refractivity contribution >= 4 is 34.8 Å². The minimum absolute atomic E-state index is 0.136. The van der Waals surface area contributed by atoms with Gasteiger partial charge in [0.15, 0.2) is 6.54 Å². The highest BCUT2D eigenvalue weighted by Gasteiger charge is 2.40. The van der Waals surface area contributed by atoms with Gasteiger partial charge in [-0.25, -0.2) is 4.79 Å². The smallest absolute Gasteiger partial charge is 0.350 e. The third-order valence-electron chi connectivity index (χ3n) is 7.52. The van der Waals surface area contributed by atoms with Crippen LogP contribution in [-0.4, -0.2) is 62.1 Å². The molecule has 2 rings (SSSR count). The largest absolute Gasteiger partial charge is 0.465 e. The van der Waals surface area contributed by atoms with E-state index in [4.69, 9.17) is 4.74 Å². The molecule has 1 aliphatic rings. The fraction of sp³-hybridized carbons (Fsp3) is 0.567. The lowest BCUT2D eigenvalue weighted by atomic mass is 9.81. The van der Waals surface area contributed by atoms with Crippen LogP contribution in [0.3, 0.4) is 0 Å². The molecule has 0 atom stereocenters. The summed E-state index contributed by atoms with van der Waals surface area (Å²) in [6.45, 7) is 21.3. The zero-order chi connectivity index (χ0) is 29.4. The molecule has 1 aromatic rings. The SMILES string of the molecule is C=C(C[N+]1(CC(=O)NC(/C(C)=C\C)=C(/C)C(=O)NCCC)CCC(C)(C)CC1)Nc1c(C)csc1C(=O)OC. The molecule has 0 unspecified atom stereocenters. The van der Waals surface area contributed by atoms with Crippen LogP contribution in [0.5, 0.6) is 0 Å². The Morgan fingerprint density at radius 2 is 1.82 bits per heavy atom. The number of nitrogens with one attached hydrogen (secondary N) is 3. The molecule has 1 fully saturated rings. The Balaban J connectivity index is 2.29. The molecule has 39 heavy (non-hydrogen) atoms. The molecule has 1 aromatic heterocycles. The number of allylic oxidation sites excluding steroid dienone is 2. The molecular formula is C30H47N4O4S+. The molecule has 0 saturated carbocycles. The highest BCUT2D eigenvalue weighted by Crippen LogP contribution is 2.35. The number of carbonyl (C=O) groups excluding carboxylic acids is 3. The summed E-state index contributed by atoms with van der Waals surface area (Å²) in [7, 11) is 1.37. The van der Waals surface area contributed by atoms with Crippen molar-refractivity contribution in [2.24, 2.45) is 5.41 Å². The second-order valence-electron chi connectivity index (χ2n) is 11.4. The van der Waals surface area contributed by atoms with Crippen LogP contribution in [0.25, 0.3) is 0 Å². The van der Waals surface area contributed by atoms with Gasteiger partial charge in [-0.1, -0.05) is 33.4 Å². The number of quaternary nitrogens is 1. The lowest BCUT2D eigenvalue weighted by Crippen LogP contribution is -2.59. The number of thiophene rings is 1. The summed E-state index contributed by atoms with van der Waals surface area (Å²) in [5.74, 6) is -0.700. The van der Waals surface area contributed by atoms with E-state index in [1.807, 2.05) is 39.2 Å². The van der Waals surface area contributed by atoms with E-state index >= 15 is 0 Å². The number of amides is 2. The highest BCUT2D eigenvalue weighted by molar-refractivity contribution is 7.12. The average molecular weight is 560 g/mol. The van der Waals surface area contributed by atoms with Gasteiger partial charge >= 0.3 is 5.97 Å². The maximum absolute atomic E-state index is 13.6. The first-order chi connectivity index (χ1) is 18.3. The van der Waals surface area contributed by atoms with Gasteiger partial charge in [-0.05, 0) is 56.0 Å². The molecule has 2 amide bonds. The van der Waals surface area contributed by atoms with Crippen LogP contribution in [0.15, 0.2) is 40.6 Å². The van der Waals surface area contributed by atoms with Crippen LogP contribution in [0.2, 0.25) is 0 Å². The zero-order valence-corrected chi connectivity index (χ0v) is 25.8. The van der Waals surface area contributed by atoms with Crippen LogP contribution in [0.4, 0.5) is 5.69 Å². The van der Waals surface area contributed by atoms with Crippen molar-refractivity contribution < 1.29 is 23.6 Å². The number of likely N-dealkylation sites (tertiary alicyclic amines) is 1. The molecule has 0 spiro atoms. The number of anilines is 1. The Morgan fingerprint density at radius 1 is 1.18 bits per heavy atom. The molecule has 3 N–H and O–H groups in total. The topological polar surface area (TPSA) is 96.5 Å². The van der Waals surface area contributed by atoms with Gasteiger partial charge in [0.25, 0.3) is 5.91 Å². The van der Waals surface area contributed by atoms with Crippen LogP contribution in [0.1, 0.15) is 76.0 Å². The van der Waals surface area contributed by atoms with Gasteiger partial charge in [-0.2, -0.15) is 0 Å². The Hall–Kier alpha value is -2.91. The molecule has 0 aromatic carbocycles. The number of carbonyl (C=O) groups is 3. The highest BCUT2D eigenvalue weighted by atomic mass is 32.1. The monoisotopic (exact) mass is 559 g/mol. The van der Waals surface area contributed by atoms with Crippen molar-refractivity contribution in [3.63, 3.8) is 0 Å². The van der Waals surface area contributed by atoms with E-state index in [0.29, 0.717) is 39.4 Å². The number of hydrogen-bond acceptors (Lipinski definition) is 6. The molecule has 0 bridgehead atoms. The predicted molar refractivity (Wildman–Crippen MR) is 159 cm³/mol. The Kier molecular flexibility index (Phi) is 11.5. The molecule has 1 saturated heterocycles. The first-order valence-corrected chi connectivity index (χ1v) is 14.5. The first kappa shape index (κ1) is 32.3. The average Bonchev–Trinajstić information content (AvgIpc) is 3.25. The van der Waals surface area contributed by atoms with Gasteiger partial charge in [0.05, 0.1) is 37.3 Å². The number of aryl methyl sites for hydroxylation is 1. The molecule has 8 nitrogen and oxygen atoms in total. The van der Waals surface area contributed by atoms with Gasteiger partial charge in [0, 0.05) is 25.0 Å². The lowest BCUT2D eigenvalue weighted by molar-refractivity contribution is -0.923. The summed E-state index contributed by atoms with van der Waals surface area (Å²) in [4.78, 5) is 39.0. The van der Waals surface area contributed by atoms with E-state index < -0.39 is 0 Å². The van der Waals surface area contributed by atoms with E-state index in [2.05, 4.69) is 36.4 Å². The molecule has 0 aliphatic carbocycles. The standard InChI is InChI=1S/C30H46N4O4S/c1-10-14-31-28(36)23(6)25(20(3)11-2)33-24(35)18-34(15-12-30(7,8)13-16-34)17-22(5)32-26-21(4)19-39-27(26)29(37)38-9/h11,19H,5,10,12-18H2,1-4,6-9H3,(H2-,31,32,33,35,36,37)/p+1/b20-11-. The van der Waals surface area contributed by atoms with Gasteiger partial charge in [-0.15, -0.1) is 11.3 Å². The van der Waals surface area contributed by atoms with E-state index in [1.54, 1.807) is 6.92 Å². The Morgan fingerprint density at radius 3 is 2.38 bits per heavy atom.